The first-order valence-corrected chi connectivity index (χ1v) is 14.8. The Labute approximate surface area is 243 Å². The quantitative estimate of drug-likeness (QED) is 0.436. The minimum absolute atomic E-state index is 0.0257. The van der Waals surface area contributed by atoms with Crippen LogP contribution in [0, 0.1) is 28.6 Å². The SMILES string of the molecule is CCCC1O[C@@H]2CC3C4CCC5=CC(=O)C=CC5(C)C4C(O)CC3(C)[C@]2(C(=O)COc2ccc(OC(F)(F)F)cc2)O1. The number of carbonyl (C=O) groups excluding carboxylic acids is 2. The van der Waals surface area contributed by atoms with Crippen molar-refractivity contribution in [1.82, 2.24) is 0 Å². The molecular weight excluding hydrogens is 553 g/mol. The van der Waals surface area contributed by atoms with Gasteiger partial charge in [0, 0.05) is 16.7 Å². The fourth-order valence-electron chi connectivity index (χ4n) is 9.00. The smallest absolute Gasteiger partial charge is 0.486 e. The van der Waals surface area contributed by atoms with Gasteiger partial charge in [0.1, 0.15) is 18.1 Å². The fraction of sp³-hybridized carbons (Fsp3) is 0.625. The summed E-state index contributed by atoms with van der Waals surface area (Å²) in [5.74, 6) is -0.477. The molecule has 10 heteroatoms. The highest BCUT2D eigenvalue weighted by Crippen LogP contribution is 2.69. The van der Waals surface area contributed by atoms with E-state index in [0.29, 0.717) is 19.3 Å². The average Bonchev–Trinajstić information content (AvgIpc) is 3.39. The second-order valence-electron chi connectivity index (χ2n) is 12.9. The van der Waals surface area contributed by atoms with Gasteiger partial charge in [-0.1, -0.05) is 38.8 Å². The van der Waals surface area contributed by atoms with Crippen molar-refractivity contribution < 1.29 is 46.8 Å². The molecule has 0 bridgehead atoms. The van der Waals surface area contributed by atoms with Gasteiger partial charge in [0.2, 0.25) is 5.78 Å². The largest absolute Gasteiger partial charge is 0.573 e. The van der Waals surface area contributed by atoms with E-state index in [1.807, 2.05) is 19.9 Å². The van der Waals surface area contributed by atoms with Gasteiger partial charge in [0.15, 0.2) is 17.7 Å². The topological polar surface area (TPSA) is 91.3 Å². The van der Waals surface area contributed by atoms with Gasteiger partial charge in [0.05, 0.1) is 12.2 Å². The van der Waals surface area contributed by atoms with E-state index in [-0.39, 0.29) is 47.4 Å². The van der Waals surface area contributed by atoms with Gasteiger partial charge in [0.25, 0.3) is 0 Å². The Bertz CT molecular complexity index is 1310. The summed E-state index contributed by atoms with van der Waals surface area (Å²) in [4.78, 5) is 26.4. The van der Waals surface area contributed by atoms with Crippen molar-refractivity contribution in [2.45, 2.75) is 89.8 Å². The summed E-state index contributed by atoms with van der Waals surface area (Å²) in [7, 11) is 0. The van der Waals surface area contributed by atoms with Crippen molar-refractivity contribution in [2.75, 3.05) is 6.61 Å². The molecule has 4 fully saturated rings. The lowest BCUT2D eigenvalue weighted by atomic mass is 9.46. The first-order chi connectivity index (χ1) is 19.8. The molecule has 6 rings (SSSR count). The van der Waals surface area contributed by atoms with Crippen LogP contribution in [0.3, 0.4) is 0 Å². The standard InChI is InChI=1S/C32H37F3O7/c1-4-5-27-40-26-15-23-22-11-6-18-14-19(36)12-13-29(18,2)28(22)24(37)16-30(23,3)31(26,42-27)25(38)17-39-20-7-9-21(10-8-20)41-32(33,34)35/h7-10,12-14,22-24,26-28,37H,4-6,11,15-17H2,1-3H3/t22?,23?,24?,26-,27?,28?,29?,30?,31-/m1/s1. The zero-order valence-electron chi connectivity index (χ0n) is 24.0. The molecule has 5 aliphatic rings. The maximum atomic E-state index is 14.2. The van der Waals surface area contributed by atoms with Crippen LogP contribution in [0.1, 0.15) is 59.3 Å². The van der Waals surface area contributed by atoms with Gasteiger partial charge in [-0.25, -0.2) is 0 Å². The number of halogens is 3. The van der Waals surface area contributed by atoms with Gasteiger partial charge in [-0.3, -0.25) is 9.59 Å². The van der Waals surface area contributed by atoms with Crippen molar-refractivity contribution >= 4 is 11.6 Å². The Morgan fingerprint density at radius 3 is 2.57 bits per heavy atom. The molecule has 4 aliphatic carbocycles. The molecule has 0 aromatic heterocycles. The molecule has 0 amide bonds. The summed E-state index contributed by atoms with van der Waals surface area (Å²) in [6, 6.07) is 4.90. The maximum Gasteiger partial charge on any atom is 0.573 e. The number of aliphatic hydroxyl groups is 1. The van der Waals surface area contributed by atoms with E-state index in [1.165, 1.54) is 12.1 Å². The molecule has 1 aliphatic heterocycles. The van der Waals surface area contributed by atoms with Crippen LogP contribution in [-0.2, 0) is 19.1 Å². The third-order valence-corrected chi connectivity index (χ3v) is 10.7. The lowest BCUT2D eigenvalue weighted by Gasteiger charge is -2.59. The lowest BCUT2D eigenvalue weighted by Crippen LogP contribution is -2.63. The molecule has 42 heavy (non-hydrogen) atoms. The molecule has 0 spiro atoms. The zero-order chi connectivity index (χ0) is 30.1. The number of benzene rings is 1. The predicted octanol–water partition coefficient (Wildman–Crippen LogP) is 5.70. The van der Waals surface area contributed by atoms with Crippen LogP contribution >= 0.6 is 0 Å². The van der Waals surface area contributed by atoms with Crippen LogP contribution in [-0.4, -0.2) is 53.7 Å². The molecule has 1 saturated heterocycles. The van der Waals surface area contributed by atoms with Gasteiger partial charge < -0.3 is 24.1 Å². The van der Waals surface area contributed by atoms with Crippen molar-refractivity contribution in [3.05, 3.63) is 48.1 Å². The molecule has 228 valence electrons. The molecule has 7 nitrogen and oxygen atoms in total. The van der Waals surface area contributed by atoms with Crippen molar-refractivity contribution in [3.63, 3.8) is 0 Å². The minimum Gasteiger partial charge on any atom is -0.486 e. The Balaban J connectivity index is 1.28. The number of allylic oxidation sites excluding steroid dienone is 4. The summed E-state index contributed by atoms with van der Waals surface area (Å²) < 4.78 is 60.3. The number of ketones is 2. The van der Waals surface area contributed by atoms with Gasteiger partial charge in [-0.15, -0.1) is 13.2 Å². The van der Waals surface area contributed by atoms with Crippen LogP contribution in [0.5, 0.6) is 11.5 Å². The number of aliphatic hydroxyl groups excluding tert-OH is 1. The summed E-state index contributed by atoms with van der Waals surface area (Å²) in [5.41, 5.74) is -1.46. The Morgan fingerprint density at radius 1 is 1.17 bits per heavy atom. The lowest BCUT2D eigenvalue weighted by molar-refractivity contribution is -0.274. The van der Waals surface area contributed by atoms with E-state index in [4.69, 9.17) is 14.2 Å². The molecule has 1 heterocycles. The highest BCUT2D eigenvalue weighted by Gasteiger charge is 2.75. The maximum absolute atomic E-state index is 14.2. The van der Waals surface area contributed by atoms with Crippen LogP contribution < -0.4 is 9.47 Å². The summed E-state index contributed by atoms with van der Waals surface area (Å²) in [5, 5.41) is 11.8. The molecule has 1 aromatic carbocycles. The molecule has 1 N–H and O–H groups in total. The Kier molecular flexibility index (Phi) is 7.14. The van der Waals surface area contributed by atoms with E-state index in [9.17, 15) is 27.9 Å². The van der Waals surface area contributed by atoms with Crippen LogP contribution in [0.15, 0.2) is 48.1 Å². The zero-order valence-corrected chi connectivity index (χ0v) is 24.0. The van der Waals surface area contributed by atoms with E-state index in [2.05, 4.69) is 11.7 Å². The number of Topliss-reactive ketones (excluding diaryl/α,β-unsaturated/α-hetero) is 1. The number of rotatable bonds is 7. The van der Waals surface area contributed by atoms with E-state index >= 15 is 0 Å². The van der Waals surface area contributed by atoms with Crippen molar-refractivity contribution in [3.8, 4) is 11.5 Å². The highest BCUT2D eigenvalue weighted by molar-refractivity contribution is 6.01. The molecule has 1 aromatic rings. The third-order valence-electron chi connectivity index (χ3n) is 10.7. The molecular formula is C32H37F3O7. The van der Waals surface area contributed by atoms with Gasteiger partial charge >= 0.3 is 6.36 Å². The Hall–Kier alpha value is -2.69. The van der Waals surface area contributed by atoms with Crippen LogP contribution in [0.2, 0.25) is 0 Å². The average molecular weight is 591 g/mol. The second kappa shape index (κ2) is 10.2. The van der Waals surface area contributed by atoms with Gasteiger partial charge in [-0.05, 0) is 80.4 Å². The minimum atomic E-state index is -4.81. The normalized spacial score (nSPS) is 40.5. The van der Waals surface area contributed by atoms with Gasteiger partial charge in [-0.2, -0.15) is 0 Å². The fourth-order valence-corrected chi connectivity index (χ4v) is 9.00. The number of alkyl halides is 3. The van der Waals surface area contributed by atoms with Crippen LogP contribution in [0.4, 0.5) is 13.2 Å². The molecule has 0 radical (unpaired) electrons. The highest BCUT2D eigenvalue weighted by atomic mass is 19.4. The summed E-state index contributed by atoms with van der Waals surface area (Å²) in [6.45, 7) is 5.79. The van der Waals surface area contributed by atoms with E-state index in [1.54, 1.807) is 12.2 Å². The summed E-state index contributed by atoms with van der Waals surface area (Å²) >= 11 is 0. The second-order valence-corrected chi connectivity index (χ2v) is 12.9. The first kappa shape index (κ1) is 29.4. The monoisotopic (exact) mass is 590 g/mol. The van der Waals surface area contributed by atoms with E-state index in [0.717, 1.165) is 37.0 Å². The predicted molar refractivity (Wildman–Crippen MR) is 144 cm³/mol. The Morgan fingerprint density at radius 2 is 1.88 bits per heavy atom. The third kappa shape index (κ3) is 4.52. The number of ether oxygens (including phenoxy) is 4. The number of fused-ring (bicyclic) bond motifs is 7. The molecule has 3 saturated carbocycles. The van der Waals surface area contributed by atoms with Crippen LogP contribution in [0.25, 0.3) is 0 Å². The number of hydrogen-bond acceptors (Lipinski definition) is 7. The first-order valence-electron chi connectivity index (χ1n) is 14.8. The number of hydrogen-bond donors (Lipinski definition) is 1. The summed E-state index contributed by atoms with van der Waals surface area (Å²) in [6.07, 6.45) is 2.56. The number of carbonyl (C=O) groups is 2. The van der Waals surface area contributed by atoms with Crippen molar-refractivity contribution in [1.29, 1.82) is 0 Å². The van der Waals surface area contributed by atoms with E-state index < -0.39 is 41.3 Å². The molecule has 9 atom stereocenters. The van der Waals surface area contributed by atoms with Crippen molar-refractivity contribution in [2.24, 2.45) is 28.6 Å². The molecule has 7 unspecified atom stereocenters.